The number of anilines is 2. The second-order valence-corrected chi connectivity index (χ2v) is 10.9. The smallest absolute Gasteiger partial charge is 0.228 e. The second-order valence-electron chi connectivity index (χ2n) is 10.9. The van der Waals surface area contributed by atoms with Crippen molar-refractivity contribution in [2.24, 2.45) is 34.5 Å². The lowest BCUT2D eigenvalue weighted by Crippen LogP contribution is -2.61. The quantitative estimate of drug-likeness (QED) is 0.635. The first kappa shape index (κ1) is 19.9. The van der Waals surface area contributed by atoms with E-state index < -0.39 is 0 Å². The highest BCUT2D eigenvalue weighted by atomic mass is 16.2. The molecule has 0 spiro atoms. The van der Waals surface area contributed by atoms with Gasteiger partial charge in [-0.2, -0.15) is 0 Å². The molecule has 0 radical (unpaired) electrons. The van der Waals surface area contributed by atoms with E-state index in [4.69, 9.17) is 5.73 Å². The third-order valence-electron chi connectivity index (χ3n) is 9.59. The van der Waals surface area contributed by atoms with Gasteiger partial charge in [-0.1, -0.05) is 13.8 Å². The Morgan fingerprint density at radius 2 is 1.73 bits per heavy atom. The molecule has 1 aromatic rings. The normalized spacial score (nSPS) is 42.5. The minimum absolute atomic E-state index is 0.0811. The molecule has 3 aliphatic carbocycles. The topological polar surface area (TPSA) is 84.2 Å². The molecule has 1 heterocycles. The number of rotatable bonds is 2. The van der Waals surface area contributed by atoms with Crippen molar-refractivity contribution in [3.05, 3.63) is 24.3 Å². The Hall–Kier alpha value is -2.04. The van der Waals surface area contributed by atoms with Crippen LogP contribution in [0.3, 0.4) is 0 Å². The van der Waals surface area contributed by atoms with Gasteiger partial charge in [0.05, 0.1) is 0 Å². The highest BCUT2D eigenvalue weighted by molar-refractivity contribution is 5.93. The summed E-state index contributed by atoms with van der Waals surface area (Å²) < 4.78 is 0. The summed E-state index contributed by atoms with van der Waals surface area (Å²) in [6.07, 6.45) is 8.43. The minimum atomic E-state index is 0.0811. The summed E-state index contributed by atoms with van der Waals surface area (Å²) in [6, 6.07) is 7.79. The molecule has 3 saturated carbocycles. The molecule has 162 valence electrons. The number of fused-ring (bicyclic) bond motifs is 5. The van der Waals surface area contributed by atoms with E-state index in [1.807, 2.05) is 24.3 Å². The van der Waals surface area contributed by atoms with E-state index in [1.165, 1.54) is 12.8 Å². The van der Waals surface area contributed by atoms with Crippen LogP contribution in [-0.2, 0) is 9.59 Å². The summed E-state index contributed by atoms with van der Waals surface area (Å²) in [6.45, 7) is 4.81. The molecular weight excluding hydrogens is 374 g/mol. The van der Waals surface area contributed by atoms with Crippen LogP contribution in [0.4, 0.5) is 11.4 Å². The molecule has 4 N–H and O–H groups in total. The third-order valence-corrected chi connectivity index (χ3v) is 9.59. The number of carbonyl (C=O) groups excluding carboxylic acids is 2. The number of piperidine rings is 1. The van der Waals surface area contributed by atoms with Crippen molar-refractivity contribution in [1.29, 1.82) is 0 Å². The largest absolute Gasteiger partial charge is 0.399 e. The summed E-state index contributed by atoms with van der Waals surface area (Å²) >= 11 is 0. The number of nitrogens with two attached hydrogens (primary N) is 1. The molecule has 2 amide bonds. The van der Waals surface area contributed by atoms with Crippen molar-refractivity contribution in [3.8, 4) is 0 Å². The molecule has 30 heavy (non-hydrogen) atoms. The van der Waals surface area contributed by atoms with E-state index >= 15 is 0 Å². The SMILES string of the molecule is C[C@]12CCC(=O)NC1CCC1C2CC[C@@]2(C)C1CC[C@@H]2C(=O)Nc1ccc(N)cc1. The van der Waals surface area contributed by atoms with Crippen molar-refractivity contribution in [2.75, 3.05) is 11.1 Å². The van der Waals surface area contributed by atoms with Crippen molar-refractivity contribution in [1.82, 2.24) is 5.32 Å². The molecular formula is C25H35N3O2. The van der Waals surface area contributed by atoms with Gasteiger partial charge >= 0.3 is 0 Å². The van der Waals surface area contributed by atoms with Crippen LogP contribution in [0.15, 0.2) is 24.3 Å². The van der Waals surface area contributed by atoms with Crippen LogP contribution in [0.25, 0.3) is 0 Å². The number of benzene rings is 1. The summed E-state index contributed by atoms with van der Waals surface area (Å²) in [5.41, 5.74) is 7.63. The van der Waals surface area contributed by atoms with E-state index in [2.05, 4.69) is 24.5 Å². The van der Waals surface area contributed by atoms with Crippen molar-refractivity contribution >= 4 is 23.2 Å². The fourth-order valence-corrected chi connectivity index (χ4v) is 7.93. The number of amides is 2. The zero-order chi connectivity index (χ0) is 21.1. The number of nitrogens with one attached hydrogen (secondary N) is 2. The van der Waals surface area contributed by atoms with Gasteiger partial charge in [-0.3, -0.25) is 9.59 Å². The fourth-order valence-electron chi connectivity index (χ4n) is 7.93. The average molecular weight is 410 g/mol. The van der Waals surface area contributed by atoms with Crippen LogP contribution < -0.4 is 16.4 Å². The highest BCUT2D eigenvalue weighted by Gasteiger charge is 2.61. The van der Waals surface area contributed by atoms with Gasteiger partial charge in [0.15, 0.2) is 0 Å². The highest BCUT2D eigenvalue weighted by Crippen LogP contribution is 2.65. The van der Waals surface area contributed by atoms with E-state index in [0.29, 0.717) is 35.9 Å². The molecule has 1 aromatic carbocycles. The molecule has 4 aliphatic rings. The second kappa shape index (κ2) is 7.00. The molecule has 0 aromatic heterocycles. The number of nitrogen functional groups attached to an aromatic ring is 1. The predicted molar refractivity (Wildman–Crippen MR) is 119 cm³/mol. The first-order valence-electron chi connectivity index (χ1n) is 11.8. The first-order valence-corrected chi connectivity index (χ1v) is 11.8. The fraction of sp³-hybridized carbons (Fsp3) is 0.680. The molecule has 4 fully saturated rings. The summed E-state index contributed by atoms with van der Waals surface area (Å²) in [5.74, 6) is 2.47. The van der Waals surface area contributed by atoms with E-state index in [-0.39, 0.29) is 28.6 Å². The van der Waals surface area contributed by atoms with Crippen LogP contribution in [-0.4, -0.2) is 17.9 Å². The Morgan fingerprint density at radius 3 is 2.50 bits per heavy atom. The van der Waals surface area contributed by atoms with Crippen LogP contribution in [0.1, 0.15) is 65.2 Å². The maximum Gasteiger partial charge on any atom is 0.228 e. The molecule has 5 heteroatoms. The van der Waals surface area contributed by atoms with Crippen LogP contribution in [0.5, 0.6) is 0 Å². The van der Waals surface area contributed by atoms with Crippen molar-refractivity contribution in [2.45, 2.75) is 71.3 Å². The maximum absolute atomic E-state index is 13.3. The van der Waals surface area contributed by atoms with Crippen molar-refractivity contribution < 1.29 is 9.59 Å². The van der Waals surface area contributed by atoms with E-state index in [9.17, 15) is 9.59 Å². The van der Waals surface area contributed by atoms with Gasteiger partial charge < -0.3 is 16.4 Å². The summed E-state index contributed by atoms with van der Waals surface area (Å²) in [7, 11) is 0. The van der Waals surface area contributed by atoms with Gasteiger partial charge in [0.25, 0.3) is 0 Å². The number of hydrogen-bond acceptors (Lipinski definition) is 3. The lowest BCUT2D eigenvalue weighted by molar-refractivity contribution is -0.140. The van der Waals surface area contributed by atoms with Gasteiger partial charge in [-0.05, 0) is 97.8 Å². The third kappa shape index (κ3) is 2.96. The molecule has 1 saturated heterocycles. The zero-order valence-electron chi connectivity index (χ0n) is 18.2. The first-order chi connectivity index (χ1) is 14.3. The standard InChI is InChI=1S/C25H35N3O2/c1-24-13-11-19-17(7-10-21-25(19,2)14-12-22(29)28-21)18(24)8-9-20(24)23(30)27-16-5-3-15(26)4-6-16/h3-6,17-21H,7-14,26H2,1-2H3,(H,27,30)(H,28,29)/t17?,18?,19?,20-,21?,24+,25-/m1/s1. The summed E-state index contributed by atoms with van der Waals surface area (Å²) in [4.78, 5) is 25.2. The van der Waals surface area contributed by atoms with E-state index in [1.54, 1.807) is 0 Å². The Balaban J connectivity index is 1.34. The van der Waals surface area contributed by atoms with Gasteiger partial charge in [-0.15, -0.1) is 0 Å². The van der Waals surface area contributed by atoms with Gasteiger partial charge in [-0.25, -0.2) is 0 Å². The number of hydrogen-bond donors (Lipinski definition) is 3. The van der Waals surface area contributed by atoms with Crippen molar-refractivity contribution in [3.63, 3.8) is 0 Å². The minimum Gasteiger partial charge on any atom is -0.399 e. The lowest BCUT2D eigenvalue weighted by Gasteiger charge is -2.60. The molecule has 5 rings (SSSR count). The van der Waals surface area contributed by atoms with Gasteiger partial charge in [0, 0.05) is 29.8 Å². The summed E-state index contributed by atoms with van der Waals surface area (Å²) in [5, 5.41) is 6.46. The average Bonchev–Trinajstić information content (AvgIpc) is 3.07. The van der Waals surface area contributed by atoms with E-state index in [0.717, 1.165) is 37.8 Å². The predicted octanol–water partition coefficient (Wildman–Crippen LogP) is 4.34. The Bertz CT molecular complexity index is 852. The molecule has 0 bridgehead atoms. The van der Waals surface area contributed by atoms with Crippen LogP contribution in [0, 0.1) is 34.5 Å². The Labute approximate surface area is 179 Å². The van der Waals surface area contributed by atoms with Crippen LogP contribution >= 0.6 is 0 Å². The molecule has 7 atom stereocenters. The van der Waals surface area contributed by atoms with Gasteiger partial charge in [0.2, 0.25) is 11.8 Å². The molecule has 4 unspecified atom stereocenters. The van der Waals surface area contributed by atoms with Gasteiger partial charge in [0.1, 0.15) is 0 Å². The molecule has 1 aliphatic heterocycles. The molecule has 5 nitrogen and oxygen atoms in total. The maximum atomic E-state index is 13.3. The Kier molecular flexibility index (Phi) is 4.64. The monoisotopic (exact) mass is 409 g/mol. The van der Waals surface area contributed by atoms with Crippen LogP contribution in [0.2, 0.25) is 0 Å². The zero-order valence-corrected chi connectivity index (χ0v) is 18.2. The Morgan fingerprint density at radius 1 is 1.00 bits per heavy atom. The lowest BCUT2D eigenvalue weighted by atomic mass is 9.47. The number of carbonyl (C=O) groups is 2.